The molecule has 1 heterocycles. The maximum atomic E-state index is 12.9. The largest absolute Gasteiger partial charge is 0.493 e. The lowest BCUT2D eigenvalue weighted by molar-refractivity contribution is -0.117. The summed E-state index contributed by atoms with van der Waals surface area (Å²) in [6, 6.07) is 19.9. The highest BCUT2D eigenvalue weighted by atomic mass is 16.5. The van der Waals surface area contributed by atoms with E-state index < -0.39 is 0 Å². The molecule has 1 aromatic heterocycles. The van der Waals surface area contributed by atoms with Crippen molar-refractivity contribution in [1.82, 2.24) is 14.9 Å². The molecule has 0 spiro atoms. The van der Waals surface area contributed by atoms with Crippen LogP contribution in [-0.2, 0) is 11.3 Å². The van der Waals surface area contributed by atoms with Crippen LogP contribution in [0.25, 0.3) is 10.9 Å². The predicted molar refractivity (Wildman–Crippen MR) is 138 cm³/mol. The van der Waals surface area contributed by atoms with Crippen molar-refractivity contribution < 1.29 is 19.0 Å². The van der Waals surface area contributed by atoms with E-state index in [1.165, 1.54) is 14.2 Å². The Hall–Kier alpha value is -4.37. The van der Waals surface area contributed by atoms with Crippen LogP contribution in [0.15, 0.2) is 71.5 Å². The Morgan fingerprint density at radius 2 is 1.67 bits per heavy atom. The van der Waals surface area contributed by atoms with Gasteiger partial charge in [0, 0.05) is 6.07 Å². The number of nitrogens with one attached hydrogen (secondary N) is 2. The van der Waals surface area contributed by atoms with Crippen molar-refractivity contribution in [3.63, 3.8) is 0 Å². The zero-order valence-corrected chi connectivity index (χ0v) is 20.4. The Balaban J connectivity index is 1.47. The Morgan fingerprint density at radius 3 is 2.39 bits per heavy atom. The molecule has 1 amide bonds. The van der Waals surface area contributed by atoms with E-state index >= 15 is 0 Å². The summed E-state index contributed by atoms with van der Waals surface area (Å²) in [4.78, 5) is 34.8. The molecule has 0 aliphatic heterocycles. The van der Waals surface area contributed by atoms with E-state index in [0.717, 1.165) is 0 Å². The number of carbonyl (C=O) groups is 1. The average Bonchev–Trinajstić information content (AvgIpc) is 2.89. The van der Waals surface area contributed by atoms with Crippen molar-refractivity contribution in [1.29, 1.82) is 0 Å². The number of amides is 1. The molecule has 0 aliphatic carbocycles. The van der Waals surface area contributed by atoms with Gasteiger partial charge in [0.15, 0.2) is 17.2 Å². The normalized spacial score (nSPS) is 10.9. The fourth-order valence-corrected chi connectivity index (χ4v) is 3.75. The van der Waals surface area contributed by atoms with Gasteiger partial charge in [-0.3, -0.25) is 14.5 Å². The summed E-state index contributed by atoms with van der Waals surface area (Å²) in [6.45, 7) is 2.89. The maximum Gasteiger partial charge on any atom is 0.258 e. The number of para-hydroxylation sites is 3. The zero-order valence-electron chi connectivity index (χ0n) is 20.4. The van der Waals surface area contributed by atoms with Crippen LogP contribution in [0.5, 0.6) is 23.0 Å². The molecule has 3 aromatic carbocycles. The molecule has 0 aliphatic rings. The summed E-state index contributed by atoms with van der Waals surface area (Å²) in [5, 5.41) is 3.32. The van der Waals surface area contributed by atoms with Crippen LogP contribution in [0.4, 0.5) is 5.69 Å². The number of H-pyrrole nitrogens is 1. The van der Waals surface area contributed by atoms with Crippen LogP contribution in [-0.4, -0.2) is 48.1 Å². The van der Waals surface area contributed by atoms with Gasteiger partial charge in [-0.05, 0) is 36.9 Å². The molecule has 36 heavy (non-hydrogen) atoms. The molecule has 4 aromatic rings. The molecule has 0 saturated heterocycles. The minimum absolute atomic E-state index is 0.101. The number of benzene rings is 3. The molecule has 0 atom stereocenters. The van der Waals surface area contributed by atoms with Crippen LogP contribution in [0.2, 0.25) is 0 Å². The number of nitrogens with zero attached hydrogens (tertiary/aromatic N) is 2. The second kappa shape index (κ2) is 11.4. The molecule has 0 radical (unpaired) electrons. The number of ether oxygens (including phenoxy) is 3. The number of carbonyl (C=O) groups excluding carboxylic acids is 1. The summed E-state index contributed by atoms with van der Waals surface area (Å²) in [5.41, 5.74) is 0.767. The Kier molecular flexibility index (Phi) is 7.82. The van der Waals surface area contributed by atoms with Crippen LogP contribution in [0.3, 0.4) is 0 Å². The highest BCUT2D eigenvalue weighted by Crippen LogP contribution is 2.30. The number of anilines is 1. The highest BCUT2D eigenvalue weighted by Gasteiger charge is 2.16. The first kappa shape index (κ1) is 24.7. The third-order valence-electron chi connectivity index (χ3n) is 5.58. The fourth-order valence-electron chi connectivity index (χ4n) is 3.75. The molecule has 186 valence electrons. The average molecular weight is 489 g/mol. The minimum atomic E-state index is -0.288. The van der Waals surface area contributed by atoms with Gasteiger partial charge < -0.3 is 24.5 Å². The Labute approximate surface area is 208 Å². The molecule has 0 fully saturated rings. The smallest absolute Gasteiger partial charge is 0.258 e. The van der Waals surface area contributed by atoms with E-state index in [4.69, 9.17) is 14.2 Å². The van der Waals surface area contributed by atoms with Gasteiger partial charge in [0.2, 0.25) is 5.91 Å². The van der Waals surface area contributed by atoms with Crippen LogP contribution >= 0.6 is 0 Å². The number of hydrogen-bond acceptors (Lipinski definition) is 7. The molecule has 0 unspecified atom stereocenters. The predicted octanol–water partition coefficient (Wildman–Crippen LogP) is 4.19. The standard InChI is InChI=1S/C27H28N4O5/c1-4-31(16-25-28-21-15-24(35-3)23(34-2)14-19(21)27(33)30-25)17-26(32)29-20-12-8-9-13-22(20)36-18-10-6-5-7-11-18/h5-15H,4,16-17H2,1-3H3,(H,29,32)(H,28,30,33). The van der Waals surface area contributed by atoms with Crippen molar-refractivity contribution in [2.24, 2.45) is 0 Å². The van der Waals surface area contributed by atoms with E-state index in [2.05, 4.69) is 15.3 Å². The van der Waals surface area contributed by atoms with Gasteiger partial charge in [0.05, 0.1) is 43.9 Å². The lowest BCUT2D eigenvalue weighted by Crippen LogP contribution is -2.34. The number of aromatic nitrogens is 2. The van der Waals surface area contributed by atoms with Gasteiger partial charge in [-0.1, -0.05) is 37.3 Å². The number of rotatable bonds is 10. The summed E-state index contributed by atoms with van der Waals surface area (Å²) < 4.78 is 16.5. The Morgan fingerprint density at radius 1 is 0.972 bits per heavy atom. The molecule has 0 bridgehead atoms. The van der Waals surface area contributed by atoms with Crippen molar-refractivity contribution in [2.45, 2.75) is 13.5 Å². The van der Waals surface area contributed by atoms with Gasteiger partial charge in [0.25, 0.3) is 5.56 Å². The van der Waals surface area contributed by atoms with Crippen LogP contribution in [0.1, 0.15) is 12.7 Å². The van der Waals surface area contributed by atoms with Gasteiger partial charge in [-0.25, -0.2) is 4.98 Å². The zero-order chi connectivity index (χ0) is 25.5. The van der Waals surface area contributed by atoms with Gasteiger partial charge >= 0.3 is 0 Å². The Bertz CT molecular complexity index is 1400. The number of fused-ring (bicyclic) bond motifs is 1. The molecule has 9 heteroatoms. The van der Waals surface area contributed by atoms with Crippen molar-refractivity contribution in [3.05, 3.63) is 82.9 Å². The lowest BCUT2D eigenvalue weighted by Gasteiger charge is -2.20. The first-order valence-corrected chi connectivity index (χ1v) is 11.5. The second-order valence-corrected chi connectivity index (χ2v) is 8.00. The third-order valence-corrected chi connectivity index (χ3v) is 5.58. The highest BCUT2D eigenvalue weighted by molar-refractivity contribution is 5.93. The van der Waals surface area contributed by atoms with Crippen molar-refractivity contribution in [2.75, 3.05) is 32.6 Å². The summed E-state index contributed by atoms with van der Waals surface area (Å²) in [6.07, 6.45) is 0. The minimum Gasteiger partial charge on any atom is -0.493 e. The molecule has 4 rings (SSSR count). The first-order chi connectivity index (χ1) is 17.5. The molecule has 2 N–H and O–H groups in total. The van der Waals surface area contributed by atoms with Gasteiger partial charge in [0.1, 0.15) is 11.6 Å². The van der Waals surface area contributed by atoms with E-state index in [-0.39, 0.29) is 24.6 Å². The number of aromatic amines is 1. The molecular weight excluding hydrogens is 460 g/mol. The molecule has 9 nitrogen and oxygen atoms in total. The lowest BCUT2D eigenvalue weighted by atomic mass is 10.2. The third kappa shape index (κ3) is 5.81. The number of methoxy groups -OCH3 is 2. The van der Waals surface area contributed by atoms with Crippen molar-refractivity contribution in [3.8, 4) is 23.0 Å². The SMILES string of the molecule is CCN(CC(=O)Nc1ccccc1Oc1ccccc1)Cc1nc2cc(OC)c(OC)cc2c(=O)[nH]1. The summed E-state index contributed by atoms with van der Waals surface area (Å²) in [5.74, 6) is 2.39. The van der Waals surface area contributed by atoms with Crippen molar-refractivity contribution >= 4 is 22.5 Å². The summed E-state index contributed by atoms with van der Waals surface area (Å²) in [7, 11) is 3.04. The first-order valence-electron chi connectivity index (χ1n) is 11.5. The number of hydrogen-bond donors (Lipinski definition) is 2. The van der Waals surface area contributed by atoms with E-state index in [1.54, 1.807) is 24.3 Å². The van der Waals surface area contributed by atoms with Crippen LogP contribution < -0.4 is 25.1 Å². The topological polar surface area (TPSA) is 106 Å². The van der Waals surface area contributed by atoms with E-state index in [0.29, 0.717) is 52.0 Å². The monoisotopic (exact) mass is 488 g/mol. The second-order valence-electron chi connectivity index (χ2n) is 8.00. The maximum absolute atomic E-state index is 12.9. The van der Waals surface area contributed by atoms with Crippen LogP contribution in [0, 0.1) is 0 Å². The van der Waals surface area contributed by atoms with Gasteiger partial charge in [-0.2, -0.15) is 0 Å². The van der Waals surface area contributed by atoms with E-state index in [1.807, 2.05) is 54.3 Å². The van der Waals surface area contributed by atoms with E-state index in [9.17, 15) is 9.59 Å². The van der Waals surface area contributed by atoms with Gasteiger partial charge in [-0.15, -0.1) is 0 Å². The fraction of sp³-hybridized carbons (Fsp3) is 0.222. The quantitative estimate of drug-likeness (QED) is 0.345. The molecular formula is C27H28N4O5. The summed E-state index contributed by atoms with van der Waals surface area (Å²) >= 11 is 0. The molecule has 0 saturated carbocycles. The number of likely N-dealkylation sites (N-methyl/N-ethyl adjacent to an activating group) is 1.